The smallest absolute Gasteiger partial charge is 0.418 e. The molecule has 0 unspecified atom stereocenters. The third kappa shape index (κ3) is 5.62. The van der Waals surface area contributed by atoms with Gasteiger partial charge in [0.1, 0.15) is 18.1 Å². The zero-order chi connectivity index (χ0) is 27.6. The summed E-state index contributed by atoms with van der Waals surface area (Å²) < 4.78 is 52.7. The number of aryl methyl sites for hydroxylation is 1. The summed E-state index contributed by atoms with van der Waals surface area (Å²) in [4.78, 5) is 15.5. The molecule has 5 rings (SSSR count). The van der Waals surface area contributed by atoms with Crippen molar-refractivity contribution in [3.63, 3.8) is 0 Å². The molecule has 0 saturated carbocycles. The Morgan fingerprint density at radius 2 is 1.62 bits per heavy atom. The second-order valence-corrected chi connectivity index (χ2v) is 9.12. The molecule has 0 aliphatic heterocycles. The van der Waals surface area contributed by atoms with Gasteiger partial charge in [-0.25, -0.2) is 0 Å². The van der Waals surface area contributed by atoms with E-state index in [0.717, 1.165) is 28.3 Å². The Labute approximate surface area is 223 Å². The van der Waals surface area contributed by atoms with Crippen molar-refractivity contribution in [2.75, 3.05) is 0 Å². The van der Waals surface area contributed by atoms with E-state index in [1.165, 1.54) is 19.2 Å². The maximum Gasteiger partial charge on any atom is 0.418 e. The van der Waals surface area contributed by atoms with Crippen LogP contribution in [0.1, 0.15) is 23.6 Å². The number of fused-ring (bicyclic) bond motifs is 1. The fraction of sp³-hybridized carbons (Fsp3) is 0.125. The molecule has 5 aromatic rings. The first-order chi connectivity index (χ1) is 18.7. The molecule has 7 heteroatoms. The molecule has 0 atom stereocenters. The highest BCUT2D eigenvalue weighted by molar-refractivity contribution is 6.03. The standard InChI is InChI=1S/C32H24F3NO3/c1-20-16-22(14-15-29(20)39-21(2)37)19-38-25-11-6-10-24(17-25)30-26-12-7-13-28(32(33,34)35)31(26)36-18-27(30)23-8-4-3-5-9-23/h3-18H,19H2,1-2H3. The SMILES string of the molecule is CC(=O)Oc1ccc(COc2cccc(-c3c(-c4ccccc4)cnc4c(C(F)(F)F)cccc34)c2)cc1C. The van der Waals surface area contributed by atoms with Crippen LogP contribution in [-0.2, 0) is 17.6 Å². The number of carbonyl (C=O) groups excluding carboxylic acids is 1. The lowest BCUT2D eigenvalue weighted by molar-refractivity contribution is -0.136. The molecule has 4 aromatic carbocycles. The van der Waals surface area contributed by atoms with Gasteiger partial charge in [-0.2, -0.15) is 13.2 Å². The van der Waals surface area contributed by atoms with Crippen LogP contribution in [0.25, 0.3) is 33.2 Å². The molecule has 0 N–H and O–H groups in total. The summed E-state index contributed by atoms with van der Waals surface area (Å²) in [5, 5.41) is 0.403. The van der Waals surface area contributed by atoms with E-state index in [1.807, 2.05) is 67.6 Å². The minimum absolute atomic E-state index is 0.102. The van der Waals surface area contributed by atoms with Crippen molar-refractivity contribution in [3.05, 3.63) is 114 Å². The highest BCUT2D eigenvalue weighted by Gasteiger charge is 2.33. The Balaban J connectivity index is 1.55. The second-order valence-electron chi connectivity index (χ2n) is 9.12. The number of para-hydroxylation sites is 1. The number of aromatic nitrogens is 1. The number of hydrogen-bond donors (Lipinski definition) is 0. The summed E-state index contributed by atoms with van der Waals surface area (Å²) in [7, 11) is 0. The zero-order valence-corrected chi connectivity index (χ0v) is 21.3. The van der Waals surface area contributed by atoms with Crippen LogP contribution in [0, 0.1) is 6.92 Å². The van der Waals surface area contributed by atoms with Crippen LogP contribution >= 0.6 is 0 Å². The van der Waals surface area contributed by atoms with E-state index in [0.29, 0.717) is 28.0 Å². The highest BCUT2D eigenvalue weighted by atomic mass is 19.4. The van der Waals surface area contributed by atoms with Crippen LogP contribution in [0.3, 0.4) is 0 Å². The maximum absolute atomic E-state index is 13.8. The fourth-order valence-corrected chi connectivity index (χ4v) is 4.58. The molecular weight excluding hydrogens is 503 g/mol. The monoisotopic (exact) mass is 527 g/mol. The molecule has 1 aromatic heterocycles. The second kappa shape index (κ2) is 10.6. The summed E-state index contributed by atoms with van der Waals surface area (Å²) >= 11 is 0. The average Bonchev–Trinajstić information content (AvgIpc) is 2.92. The average molecular weight is 528 g/mol. The highest BCUT2D eigenvalue weighted by Crippen LogP contribution is 2.42. The molecular formula is C32H24F3NO3. The number of carbonyl (C=O) groups is 1. The first-order valence-corrected chi connectivity index (χ1v) is 12.3. The number of benzene rings is 4. The van der Waals surface area contributed by atoms with E-state index in [2.05, 4.69) is 4.98 Å². The molecule has 39 heavy (non-hydrogen) atoms. The number of rotatable bonds is 6. The quantitative estimate of drug-likeness (QED) is 0.164. The Morgan fingerprint density at radius 1 is 0.872 bits per heavy atom. The molecule has 0 aliphatic carbocycles. The van der Waals surface area contributed by atoms with Crippen LogP contribution in [0.4, 0.5) is 13.2 Å². The molecule has 0 fully saturated rings. The van der Waals surface area contributed by atoms with Crippen molar-refractivity contribution < 1.29 is 27.4 Å². The van der Waals surface area contributed by atoms with Crippen LogP contribution in [0.5, 0.6) is 11.5 Å². The Hall–Kier alpha value is -4.65. The Bertz CT molecular complexity index is 1660. The van der Waals surface area contributed by atoms with E-state index in [-0.39, 0.29) is 18.1 Å². The number of pyridine rings is 1. The zero-order valence-electron chi connectivity index (χ0n) is 21.3. The van der Waals surface area contributed by atoms with Gasteiger partial charge >= 0.3 is 12.1 Å². The normalized spacial score (nSPS) is 11.4. The van der Waals surface area contributed by atoms with Crippen LogP contribution in [0.15, 0.2) is 97.2 Å². The van der Waals surface area contributed by atoms with Crippen molar-refractivity contribution in [2.45, 2.75) is 26.6 Å². The van der Waals surface area contributed by atoms with E-state index < -0.39 is 11.7 Å². The summed E-state index contributed by atoms with van der Waals surface area (Å²) in [6.45, 7) is 3.45. The molecule has 0 saturated heterocycles. The van der Waals surface area contributed by atoms with Gasteiger partial charge in [0.25, 0.3) is 0 Å². The minimum Gasteiger partial charge on any atom is -0.489 e. The van der Waals surface area contributed by atoms with E-state index in [9.17, 15) is 18.0 Å². The number of esters is 1. The van der Waals surface area contributed by atoms with Crippen LogP contribution in [-0.4, -0.2) is 11.0 Å². The van der Waals surface area contributed by atoms with Gasteiger partial charge in [-0.1, -0.05) is 60.7 Å². The van der Waals surface area contributed by atoms with Crippen molar-refractivity contribution in [2.24, 2.45) is 0 Å². The number of alkyl halides is 3. The molecule has 0 amide bonds. The van der Waals surface area contributed by atoms with Gasteiger partial charge in [0, 0.05) is 29.6 Å². The molecule has 0 radical (unpaired) electrons. The van der Waals surface area contributed by atoms with Crippen molar-refractivity contribution >= 4 is 16.9 Å². The lowest BCUT2D eigenvalue weighted by Crippen LogP contribution is -2.07. The van der Waals surface area contributed by atoms with Gasteiger partial charge in [-0.15, -0.1) is 0 Å². The maximum atomic E-state index is 13.8. The van der Waals surface area contributed by atoms with Gasteiger partial charge in [0.05, 0.1) is 11.1 Å². The lowest BCUT2D eigenvalue weighted by atomic mass is 9.91. The van der Waals surface area contributed by atoms with Crippen molar-refractivity contribution in [1.82, 2.24) is 4.98 Å². The molecule has 0 aliphatic rings. The molecule has 0 spiro atoms. The molecule has 1 heterocycles. The lowest BCUT2D eigenvalue weighted by Gasteiger charge is -2.17. The third-order valence-electron chi connectivity index (χ3n) is 6.31. The molecule has 196 valence electrons. The third-order valence-corrected chi connectivity index (χ3v) is 6.31. The number of nitrogens with zero attached hydrogens (tertiary/aromatic N) is 1. The van der Waals surface area contributed by atoms with Crippen LogP contribution < -0.4 is 9.47 Å². The molecule has 0 bridgehead atoms. The Kier molecular flexibility index (Phi) is 7.07. The number of ether oxygens (including phenoxy) is 2. The van der Waals surface area contributed by atoms with Crippen LogP contribution in [0.2, 0.25) is 0 Å². The summed E-state index contributed by atoms with van der Waals surface area (Å²) in [6, 6.07) is 26.3. The van der Waals surface area contributed by atoms with Crippen molar-refractivity contribution in [1.29, 1.82) is 0 Å². The summed E-state index contributed by atoms with van der Waals surface area (Å²) in [6.07, 6.45) is -3.03. The van der Waals surface area contributed by atoms with Gasteiger partial charge in [-0.3, -0.25) is 9.78 Å². The first kappa shape index (κ1) is 26.0. The molecule has 4 nitrogen and oxygen atoms in total. The first-order valence-electron chi connectivity index (χ1n) is 12.3. The summed E-state index contributed by atoms with van der Waals surface area (Å²) in [5.41, 5.74) is 3.71. The minimum atomic E-state index is -4.54. The predicted octanol–water partition coefficient (Wildman–Crippen LogP) is 8.40. The van der Waals surface area contributed by atoms with Crippen molar-refractivity contribution in [3.8, 4) is 33.8 Å². The van der Waals surface area contributed by atoms with E-state index in [4.69, 9.17) is 9.47 Å². The van der Waals surface area contributed by atoms with Gasteiger partial charge in [0.2, 0.25) is 0 Å². The fourth-order valence-electron chi connectivity index (χ4n) is 4.58. The van der Waals surface area contributed by atoms with Gasteiger partial charge in [-0.05, 0) is 59.5 Å². The van der Waals surface area contributed by atoms with E-state index in [1.54, 1.807) is 18.2 Å². The number of hydrogen-bond acceptors (Lipinski definition) is 4. The number of halogens is 3. The van der Waals surface area contributed by atoms with E-state index >= 15 is 0 Å². The topological polar surface area (TPSA) is 48.4 Å². The van der Waals surface area contributed by atoms with Gasteiger partial charge < -0.3 is 9.47 Å². The largest absolute Gasteiger partial charge is 0.489 e. The van der Waals surface area contributed by atoms with Gasteiger partial charge in [0.15, 0.2) is 0 Å². The summed E-state index contributed by atoms with van der Waals surface area (Å²) in [5.74, 6) is 0.662. The predicted molar refractivity (Wildman–Crippen MR) is 144 cm³/mol. The Morgan fingerprint density at radius 3 is 2.33 bits per heavy atom.